The first kappa shape index (κ1) is 14.3. The summed E-state index contributed by atoms with van der Waals surface area (Å²) in [5.74, 6) is 0. The lowest BCUT2D eigenvalue weighted by Crippen LogP contribution is -2.01. The summed E-state index contributed by atoms with van der Waals surface area (Å²) in [6, 6.07) is 20.9. The predicted octanol–water partition coefficient (Wildman–Crippen LogP) is 6.14. The van der Waals surface area contributed by atoms with E-state index in [1.807, 2.05) is 18.2 Å². The predicted molar refractivity (Wildman–Crippen MR) is 104 cm³/mol. The number of aromatic nitrogens is 1. The van der Waals surface area contributed by atoms with Gasteiger partial charge < -0.3 is 9.15 Å². The standard InChI is InChI=1S/C23H17NO2/c1-3-8-18-16(7-1)21-17(22(24-18)20-10-5-13-25-20)12-11-15-14-6-2-4-9-19(14)26-23(15)21/h1-4,6-9,11-12,20H,5,10,13H2. The molecule has 5 aromatic rings. The third-order valence-corrected chi connectivity index (χ3v) is 5.47. The van der Waals surface area contributed by atoms with Crippen molar-refractivity contribution in [3.8, 4) is 0 Å². The van der Waals surface area contributed by atoms with E-state index >= 15 is 0 Å². The molecule has 1 aliphatic heterocycles. The second-order valence-corrected chi connectivity index (χ2v) is 6.98. The molecule has 3 nitrogen and oxygen atoms in total. The summed E-state index contributed by atoms with van der Waals surface area (Å²) in [5, 5.41) is 5.73. The first-order chi connectivity index (χ1) is 12.9. The Hall–Kier alpha value is -2.91. The number of pyridine rings is 1. The lowest BCUT2D eigenvalue weighted by atomic mass is 9.98. The van der Waals surface area contributed by atoms with Crippen molar-refractivity contribution in [3.63, 3.8) is 0 Å². The van der Waals surface area contributed by atoms with Gasteiger partial charge in [0.15, 0.2) is 0 Å². The second-order valence-electron chi connectivity index (χ2n) is 6.98. The van der Waals surface area contributed by atoms with Gasteiger partial charge in [-0.15, -0.1) is 0 Å². The van der Waals surface area contributed by atoms with Crippen molar-refractivity contribution >= 4 is 43.6 Å². The smallest absolute Gasteiger partial charge is 0.143 e. The van der Waals surface area contributed by atoms with E-state index in [1.165, 1.54) is 0 Å². The lowest BCUT2D eigenvalue weighted by molar-refractivity contribution is 0.110. The van der Waals surface area contributed by atoms with Gasteiger partial charge in [0.2, 0.25) is 0 Å². The average Bonchev–Trinajstić information content (AvgIpc) is 3.34. The monoisotopic (exact) mass is 339 g/mol. The van der Waals surface area contributed by atoms with E-state index in [4.69, 9.17) is 14.1 Å². The van der Waals surface area contributed by atoms with E-state index in [1.54, 1.807) is 0 Å². The maximum absolute atomic E-state index is 6.32. The number of benzene rings is 3. The highest BCUT2D eigenvalue weighted by atomic mass is 16.5. The molecule has 3 aromatic carbocycles. The molecular weight excluding hydrogens is 322 g/mol. The van der Waals surface area contributed by atoms with Crippen molar-refractivity contribution in [1.82, 2.24) is 4.98 Å². The summed E-state index contributed by atoms with van der Waals surface area (Å²) >= 11 is 0. The topological polar surface area (TPSA) is 35.3 Å². The van der Waals surface area contributed by atoms with Gasteiger partial charge >= 0.3 is 0 Å². The van der Waals surface area contributed by atoms with Crippen LogP contribution in [0.5, 0.6) is 0 Å². The van der Waals surface area contributed by atoms with Crippen LogP contribution in [0.2, 0.25) is 0 Å². The summed E-state index contributed by atoms with van der Waals surface area (Å²) in [6.07, 6.45) is 2.19. The lowest BCUT2D eigenvalue weighted by Gasteiger charge is -2.14. The fourth-order valence-electron chi connectivity index (χ4n) is 4.28. The molecule has 1 aliphatic rings. The largest absolute Gasteiger partial charge is 0.455 e. The molecule has 126 valence electrons. The first-order valence-electron chi connectivity index (χ1n) is 9.14. The zero-order chi connectivity index (χ0) is 17.1. The number of fused-ring (bicyclic) bond motifs is 7. The van der Waals surface area contributed by atoms with Gasteiger partial charge in [-0.25, -0.2) is 4.98 Å². The molecule has 6 rings (SSSR count). The van der Waals surface area contributed by atoms with Crippen LogP contribution >= 0.6 is 0 Å². The van der Waals surface area contributed by atoms with E-state index < -0.39 is 0 Å². The molecular formula is C23H17NO2. The van der Waals surface area contributed by atoms with Crippen LogP contribution in [0.25, 0.3) is 43.6 Å². The molecule has 0 saturated carbocycles. The Labute approximate surface area is 150 Å². The molecule has 0 bridgehead atoms. The minimum absolute atomic E-state index is 0.0731. The third-order valence-electron chi connectivity index (χ3n) is 5.47. The normalized spacial score (nSPS) is 17.8. The van der Waals surface area contributed by atoms with Gasteiger partial charge in [0, 0.05) is 33.5 Å². The van der Waals surface area contributed by atoms with Crippen LogP contribution in [-0.2, 0) is 4.74 Å². The van der Waals surface area contributed by atoms with Crippen LogP contribution in [0.1, 0.15) is 24.6 Å². The van der Waals surface area contributed by atoms with Gasteiger partial charge in [0.05, 0.1) is 11.2 Å². The number of para-hydroxylation sites is 2. The Bertz CT molecular complexity index is 1300. The molecule has 1 saturated heterocycles. The summed E-state index contributed by atoms with van der Waals surface area (Å²) in [6.45, 7) is 0.813. The second kappa shape index (κ2) is 5.29. The molecule has 1 unspecified atom stereocenters. The molecule has 0 aliphatic carbocycles. The molecule has 2 aromatic heterocycles. The van der Waals surface area contributed by atoms with Crippen molar-refractivity contribution in [2.24, 2.45) is 0 Å². The van der Waals surface area contributed by atoms with Gasteiger partial charge in [0.1, 0.15) is 17.3 Å². The summed E-state index contributed by atoms with van der Waals surface area (Å²) < 4.78 is 12.3. The number of rotatable bonds is 1. The SMILES string of the molecule is c1ccc2c(c1)nc(C1CCCO1)c1ccc3c4ccccc4oc3c12. The molecule has 0 amide bonds. The van der Waals surface area contributed by atoms with Crippen molar-refractivity contribution in [2.45, 2.75) is 18.9 Å². The highest BCUT2D eigenvalue weighted by Crippen LogP contribution is 2.41. The van der Waals surface area contributed by atoms with Crippen LogP contribution < -0.4 is 0 Å². The van der Waals surface area contributed by atoms with Crippen molar-refractivity contribution in [2.75, 3.05) is 6.61 Å². The molecule has 3 heterocycles. The van der Waals surface area contributed by atoms with E-state index in [9.17, 15) is 0 Å². The van der Waals surface area contributed by atoms with Gasteiger partial charge in [-0.3, -0.25) is 0 Å². The van der Waals surface area contributed by atoms with Crippen LogP contribution in [-0.4, -0.2) is 11.6 Å². The quantitative estimate of drug-likeness (QED) is 0.344. The summed E-state index contributed by atoms with van der Waals surface area (Å²) in [4.78, 5) is 4.98. The summed E-state index contributed by atoms with van der Waals surface area (Å²) in [7, 11) is 0. The van der Waals surface area contributed by atoms with Crippen molar-refractivity contribution in [1.29, 1.82) is 0 Å². The van der Waals surface area contributed by atoms with Crippen molar-refractivity contribution in [3.05, 3.63) is 66.4 Å². The Kier molecular flexibility index (Phi) is 2.91. The maximum Gasteiger partial charge on any atom is 0.143 e. The Morgan fingerprint density at radius 1 is 0.808 bits per heavy atom. The minimum Gasteiger partial charge on any atom is -0.455 e. The molecule has 0 radical (unpaired) electrons. The first-order valence-corrected chi connectivity index (χ1v) is 9.14. The van der Waals surface area contributed by atoms with Crippen LogP contribution in [0, 0.1) is 0 Å². The number of nitrogens with zero attached hydrogens (tertiary/aromatic N) is 1. The number of hydrogen-bond donors (Lipinski definition) is 0. The van der Waals surface area contributed by atoms with E-state index in [0.29, 0.717) is 0 Å². The highest BCUT2D eigenvalue weighted by Gasteiger charge is 2.24. The van der Waals surface area contributed by atoms with E-state index in [0.717, 1.165) is 68.8 Å². The number of hydrogen-bond acceptors (Lipinski definition) is 3. The molecule has 3 heteroatoms. The van der Waals surface area contributed by atoms with E-state index in [2.05, 4.69) is 42.5 Å². The van der Waals surface area contributed by atoms with Gasteiger partial charge in [-0.1, -0.05) is 42.5 Å². The van der Waals surface area contributed by atoms with Crippen LogP contribution in [0.3, 0.4) is 0 Å². The molecule has 1 fully saturated rings. The Balaban J connectivity index is 1.84. The van der Waals surface area contributed by atoms with Gasteiger partial charge in [-0.05, 0) is 31.0 Å². The van der Waals surface area contributed by atoms with Crippen LogP contribution in [0.15, 0.2) is 65.1 Å². The zero-order valence-corrected chi connectivity index (χ0v) is 14.2. The Morgan fingerprint density at radius 3 is 2.50 bits per heavy atom. The van der Waals surface area contributed by atoms with Crippen LogP contribution in [0.4, 0.5) is 0 Å². The fraction of sp³-hybridized carbons (Fsp3) is 0.174. The fourth-order valence-corrected chi connectivity index (χ4v) is 4.28. The van der Waals surface area contributed by atoms with E-state index in [-0.39, 0.29) is 6.10 Å². The third kappa shape index (κ3) is 1.89. The zero-order valence-electron chi connectivity index (χ0n) is 14.2. The molecule has 26 heavy (non-hydrogen) atoms. The maximum atomic E-state index is 6.32. The summed E-state index contributed by atoms with van der Waals surface area (Å²) in [5.41, 5.74) is 3.91. The minimum atomic E-state index is 0.0731. The van der Waals surface area contributed by atoms with Gasteiger partial charge in [-0.2, -0.15) is 0 Å². The Morgan fingerprint density at radius 2 is 1.62 bits per heavy atom. The number of ether oxygens (including phenoxy) is 1. The van der Waals surface area contributed by atoms with Gasteiger partial charge in [0.25, 0.3) is 0 Å². The molecule has 0 spiro atoms. The molecule has 1 atom stereocenters. The highest BCUT2D eigenvalue weighted by molar-refractivity contribution is 6.22. The van der Waals surface area contributed by atoms with Crippen molar-refractivity contribution < 1.29 is 9.15 Å². The average molecular weight is 339 g/mol. The molecule has 0 N–H and O–H groups in total. The number of furan rings is 1.